The second-order valence-electron chi connectivity index (χ2n) is 9.99. The summed E-state index contributed by atoms with van der Waals surface area (Å²) >= 11 is 0. The Labute approximate surface area is 200 Å². The lowest BCUT2D eigenvalue weighted by atomic mass is 10.0. The lowest BCUT2D eigenvalue weighted by Gasteiger charge is -2.32. The van der Waals surface area contributed by atoms with Crippen LogP contribution in [0.5, 0.6) is 0 Å². The van der Waals surface area contributed by atoms with E-state index in [1.807, 2.05) is 45.9 Å². The van der Waals surface area contributed by atoms with E-state index in [-0.39, 0.29) is 12.0 Å². The third-order valence-electron chi connectivity index (χ3n) is 5.79. The van der Waals surface area contributed by atoms with Crippen molar-refractivity contribution in [3.8, 4) is 0 Å². The highest BCUT2D eigenvalue weighted by Gasteiger charge is 2.32. The van der Waals surface area contributed by atoms with Gasteiger partial charge >= 0.3 is 6.09 Å². The molecule has 2 aliphatic rings. The van der Waals surface area contributed by atoms with E-state index in [1.54, 1.807) is 31.3 Å². The number of ether oxygens (including phenoxy) is 2. The molecule has 9 heteroatoms. The van der Waals surface area contributed by atoms with Crippen molar-refractivity contribution in [3.05, 3.63) is 41.6 Å². The number of fused-ring (bicyclic) bond motifs is 1. The monoisotopic (exact) mass is 467 g/mol. The number of hydrogen-bond acceptors (Lipinski definition) is 7. The average molecular weight is 468 g/mol. The van der Waals surface area contributed by atoms with Crippen LogP contribution >= 0.6 is 0 Å². The number of amides is 2. The van der Waals surface area contributed by atoms with Gasteiger partial charge in [0.05, 0.1) is 36.0 Å². The predicted molar refractivity (Wildman–Crippen MR) is 130 cm³/mol. The Morgan fingerprint density at radius 3 is 2.68 bits per heavy atom. The maximum absolute atomic E-state index is 13.0. The van der Waals surface area contributed by atoms with Crippen LogP contribution in [0.3, 0.4) is 0 Å². The van der Waals surface area contributed by atoms with Gasteiger partial charge in [-0.3, -0.25) is 14.7 Å². The molecule has 34 heavy (non-hydrogen) atoms. The summed E-state index contributed by atoms with van der Waals surface area (Å²) in [6.07, 6.45) is 5.32. The van der Waals surface area contributed by atoms with Crippen molar-refractivity contribution in [2.45, 2.75) is 45.4 Å². The maximum atomic E-state index is 13.0. The van der Waals surface area contributed by atoms with Crippen LogP contribution in [0.15, 0.2) is 30.5 Å². The number of rotatable bonds is 3. The molecule has 1 aromatic carbocycles. The van der Waals surface area contributed by atoms with Gasteiger partial charge in [-0.15, -0.1) is 0 Å². The van der Waals surface area contributed by atoms with Crippen molar-refractivity contribution in [3.63, 3.8) is 0 Å². The Morgan fingerprint density at radius 1 is 1.24 bits per heavy atom. The Hall–Kier alpha value is -3.20. The van der Waals surface area contributed by atoms with Gasteiger partial charge < -0.3 is 19.3 Å². The predicted octanol–water partition coefficient (Wildman–Crippen LogP) is 3.40. The Balaban J connectivity index is 1.81. The first-order valence-electron chi connectivity index (χ1n) is 11.6. The number of anilines is 1. The van der Waals surface area contributed by atoms with Gasteiger partial charge in [0.1, 0.15) is 11.4 Å². The number of carbonyl (C=O) groups excluding carboxylic acids is 2. The summed E-state index contributed by atoms with van der Waals surface area (Å²) in [5.74, 6) is 0.614. The standard InChI is InChI=1S/C25H33N5O4/c1-16-15-29(10-11-33-16)21-14-26-19-13-17(23(31)28(5)6)12-18(22(19)27-21)20-8-7-9-30(20)24(32)34-25(2,3)4/h7-8,12-14,16,20H,9-11,15H2,1-6H3/t16-,20?/m1/s1. The quantitative estimate of drug-likeness (QED) is 0.639. The summed E-state index contributed by atoms with van der Waals surface area (Å²) < 4.78 is 11.3. The smallest absolute Gasteiger partial charge is 0.411 e. The van der Waals surface area contributed by atoms with Gasteiger partial charge in [0.2, 0.25) is 0 Å². The molecule has 2 amide bonds. The first-order chi connectivity index (χ1) is 16.0. The number of benzene rings is 1. The highest BCUT2D eigenvalue weighted by atomic mass is 16.6. The maximum Gasteiger partial charge on any atom is 0.411 e. The van der Waals surface area contributed by atoms with Crippen molar-refractivity contribution in [1.29, 1.82) is 0 Å². The minimum absolute atomic E-state index is 0.103. The van der Waals surface area contributed by atoms with Crippen molar-refractivity contribution in [1.82, 2.24) is 19.8 Å². The van der Waals surface area contributed by atoms with Crippen LogP contribution in [0.1, 0.15) is 49.7 Å². The van der Waals surface area contributed by atoms with Crippen LogP contribution in [0.25, 0.3) is 11.0 Å². The minimum Gasteiger partial charge on any atom is -0.444 e. The van der Waals surface area contributed by atoms with Gasteiger partial charge in [-0.2, -0.15) is 0 Å². The first-order valence-corrected chi connectivity index (χ1v) is 11.6. The molecule has 2 atom stereocenters. The summed E-state index contributed by atoms with van der Waals surface area (Å²) in [5, 5.41) is 0. The van der Waals surface area contributed by atoms with E-state index in [1.165, 1.54) is 4.90 Å². The number of carbonyl (C=O) groups is 2. The van der Waals surface area contributed by atoms with E-state index in [9.17, 15) is 9.59 Å². The van der Waals surface area contributed by atoms with Crippen molar-refractivity contribution < 1.29 is 19.1 Å². The van der Waals surface area contributed by atoms with Gasteiger partial charge in [0.15, 0.2) is 0 Å². The van der Waals surface area contributed by atoms with Crippen molar-refractivity contribution in [2.75, 3.05) is 45.2 Å². The highest BCUT2D eigenvalue weighted by molar-refractivity contribution is 5.98. The van der Waals surface area contributed by atoms with Gasteiger partial charge in [0.25, 0.3) is 5.91 Å². The van der Waals surface area contributed by atoms with Crippen molar-refractivity contribution in [2.24, 2.45) is 0 Å². The zero-order valence-electron chi connectivity index (χ0n) is 20.7. The zero-order valence-corrected chi connectivity index (χ0v) is 20.7. The van der Waals surface area contributed by atoms with Gasteiger partial charge in [-0.1, -0.05) is 12.2 Å². The van der Waals surface area contributed by atoms with Crippen LogP contribution < -0.4 is 4.90 Å². The molecule has 3 heterocycles. The zero-order chi connectivity index (χ0) is 24.6. The third kappa shape index (κ3) is 4.99. The summed E-state index contributed by atoms with van der Waals surface area (Å²) in [6, 6.07) is 3.17. The number of morpholine rings is 1. The molecule has 2 aliphatic heterocycles. The Kier molecular flexibility index (Phi) is 6.49. The molecule has 2 aromatic rings. The molecule has 0 N–H and O–H groups in total. The fraction of sp³-hybridized carbons (Fsp3) is 0.520. The van der Waals surface area contributed by atoms with Crippen LogP contribution in [-0.4, -0.2) is 83.8 Å². The lowest BCUT2D eigenvalue weighted by Crippen LogP contribution is -2.41. The molecular weight excluding hydrogens is 434 g/mol. The van der Waals surface area contributed by atoms with Crippen LogP contribution in [0, 0.1) is 0 Å². The molecule has 1 fully saturated rings. The molecule has 1 unspecified atom stereocenters. The lowest BCUT2D eigenvalue weighted by molar-refractivity contribution is 0.0241. The van der Waals surface area contributed by atoms with Crippen molar-refractivity contribution >= 4 is 28.9 Å². The van der Waals surface area contributed by atoms with Gasteiger partial charge in [-0.05, 0) is 39.8 Å². The molecule has 0 bridgehead atoms. The fourth-order valence-corrected chi connectivity index (χ4v) is 4.22. The van der Waals surface area contributed by atoms with Gasteiger partial charge in [-0.25, -0.2) is 9.78 Å². The number of aromatic nitrogens is 2. The van der Waals surface area contributed by atoms with E-state index in [4.69, 9.17) is 14.5 Å². The first kappa shape index (κ1) is 23.9. The molecular formula is C25H33N5O4. The topological polar surface area (TPSA) is 88.1 Å². The van der Waals surface area contributed by atoms with Crippen LogP contribution in [0.4, 0.5) is 10.6 Å². The molecule has 0 aliphatic carbocycles. The molecule has 9 nitrogen and oxygen atoms in total. The molecule has 0 radical (unpaired) electrons. The normalized spacial score (nSPS) is 20.6. The molecule has 1 saturated heterocycles. The largest absolute Gasteiger partial charge is 0.444 e. The van der Waals surface area contributed by atoms with E-state index in [2.05, 4.69) is 9.88 Å². The van der Waals surface area contributed by atoms with Crippen LogP contribution in [0.2, 0.25) is 0 Å². The average Bonchev–Trinajstić information content (AvgIpc) is 3.26. The Morgan fingerprint density at radius 2 is 2.00 bits per heavy atom. The second-order valence-corrected chi connectivity index (χ2v) is 9.99. The van der Waals surface area contributed by atoms with E-state index < -0.39 is 17.7 Å². The van der Waals surface area contributed by atoms with E-state index in [0.29, 0.717) is 29.7 Å². The SMILES string of the molecule is C[C@@H]1CN(c2cnc3cc(C(=O)N(C)C)cc(C4C=CCN4C(=O)OC(C)(C)C)c3n2)CCO1. The van der Waals surface area contributed by atoms with E-state index >= 15 is 0 Å². The summed E-state index contributed by atoms with van der Waals surface area (Å²) in [6.45, 7) is 10.1. The molecule has 4 rings (SSSR count). The van der Waals surface area contributed by atoms with Gasteiger partial charge in [0, 0.05) is 44.9 Å². The van der Waals surface area contributed by atoms with Crippen LogP contribution in [-0.2, 0) is 9.47 Å². The third-order valence-corrected chi connectivity index (χ3v) is 5.79. The Bertz CT molecular complexity index is 1120. The number of hydrogen-bond donors (Lipinski definition) is 0. The molecule has 1 aromatic heterocycles. The fourth-order valence-electron chi connectivity index (χ4n) is 4.22. The summed E-state index contributed by atoms with van der Waals surface area (Å²) in [5.41, 5.74) is 1.90. The summed E-state index contributed by atoms with van der Waals surface area (Å²) in [4.78, 5) is 40.8. The molecule has 182 valence electrons. The minimum atomic E-state index is -0.616. The molecule has 0 saturated carbocycles. The summed E-state index contributed by atoms with van der Waals surface area (Å²) in [7, 11) is 3.42. The number of nitrogens with zero attached hydrogens (tertiary/aromatic N) is 5. The second kappa shape index (κ2) is 9.21. The highest BCUT2D eigenvalue weighted by Crippen LogP contribution is 2.34. The molecule has 0 spiro atoms. The van der Waals surface area contributed by atoms with E-state index in [0.717, 1.165) is 24.5 Å².